The molecule has 2 aromatic rings. The van der Waals surface area contributed by atoms with E-state index in [1.165, 1.54) is 10.5 Å². The molecular formula is C24H33IN4O2. The van der Waals surface area contributed by atoms with Gasteiger partial charge in [0, 0.05) is 39.6 Å². The first kappa shape index (κ1) is 25.0. The molecule has 31 heavy (non-hydrogen) atoms. The van der Waals surface area contributed by atoms with E-state index in [0.29, 0.717) is 18.2 Å². The van der Waals surface area contributed by atoms with Gasteiger partial charge in [-0.05, 0) is 36.6 Å². The summed E-state index contributed by atoms with van der Waals surface area (Å²) in [5.41, 5.74) is 2.45. The number of likely N-dealkylation sites (tertiary alicyclic amines) is 1. The molecule has 0 saturated carbocycles. The molecule has 0 radical (unpaired) electrons. The molecule has 0 aromatic heterocycles. The van der Waals surface area contributed by atoms with E-state index in [2.05, 4.69) is 47.5 Å². The fraction of sp³-hybridized carbons (Fsp3) is 0.417. The molecule has 1 heterocycles. The highest BCUT2D eigenvalue weighted by Crippen LogP contribution is 2.27. The summed E-state index contributed by atoms with van der Waals surface area (Å²) in [5, 5.41) is 3.43. The topological polar surface area (TPSA) is 57.2 Å². The maximum absolute atomic E-state index is 11.7. The smallest absolute Gasteiger partial charge is 0.259 e. The lowest BCUT2D eigenvalue weighted by molar-refractivity contribution is -0.130. The van der Waals surface area contributed by atoms with Gasteiger partial charge in [-0.2, -0.15) is 0 Å². The van der Waals surface area contributed by atoms with Gasteiger partial charge < -0.3 is 19.9 Å². The first-order valence-electron chi connectivity index (χ1n) is 10.6. The van der Waals surface area contributed by atoms with E-state index in [9.17, 15) is 4.79 Å². The zero-order valence-electron chi connectivity index (χ0n) is 18.6. The van der Waals surface area contributed by atoms with Crippen molar-refractivity contribution in [2.75, 3.05) is 40.3 Å². The minimum Gasteiger partial charge on any atom is -0.484 e. The van der Waals surface area contributed by atoms with E-state index in [1.807, 2.05) is 24.3 Å². The Morgan fingerprint density at radius 2 is 1.97 bits per heavy atom. The molecule has 1 aliphatic heterocycles. The molecule has 3 rings (SSSR count). The Morgan fingerprint density at radius 3 is 2.68 bits per heavy atom. The van der Waals surface area contributed by atoms with Crippen molar-refractivity contribution in [3.05, 3.63) is 65.7 Å². The number of halogens is 1. The zero-order valence-corrected chi connectivity index (χ0v) is 20.9. The van der Waals surface area contributed by atoms with Crippen molar-refractivity contribution in [2.24, 2.45) is 4.99 Å². The quantitative estimate of drug-likeness (QED) is 0.333. The molecule has 1 aliphatic rings. The molecule has 1 saturated heterocycles. The number of hydrogen-bond acceptors (Lipinski definition) is 3. The maximum atomic E-state index is 11.7. The van der Waals surface area contributed by atoms with Crippen LogP contribution in [0.2, 0.25) is 0 Å². The van der Waals surface area contributed by atoms with Crippen molar-refractivity contribution in [1.82, 2.24) is 15.1 Å². The summed E-state index contributed by atoms with van der Waals surface area (Å²) in [6.07, 6.45) is 1.14. The minimum absolute atomic E-state index is 0. The van der Waals surface area contributed by atoms with Crippen LogP contribution in [0.5, 0.6) is 5.75 Å². The third-order valence-corrected chi connectivity index (χ3v) is 5.26. The van der Waals surface area contributed by atoms with Crippen molar-refractivity contribution in [3.63, 3.8) is 0 Å². The molecule has 168 valence electrons. The monoisotopic (exact) mass is 536 g/mol. The number of aliphatic imine (C=N–C) groups is 1. The number of carbonyl (C=O) groups is 1. The molecule has 1 unspecified atom stereocenters. The van der Waals surface area contributed by atoms with Crippen LogP contribution in [-0.4, -0.2) is 62.0 Å². The van der Waals surface area contributed by atoms with Gasteiger partial charge in [-0.25, -0.2) is 4.99 Å². The number of ether oxygens (including phenoxy) is 1. The number of amides is 1. The number of nitrogens with one attached hydrogen (secondary N) is 1. The molecule has 7 heteroatoms. The number of benzene rings is 2. The Bertz CT molecular complexity index is 858. The highest BCUT2D eigenvalue weighted by molar-refractivity contribution is 14.0. The summed E-state index contributed by atoms with van der Waals surface area (Å²) in [4.78, 5) is 20.5. The predicted molar refractivity (Wildman–Crippen MR) is 136 cm³/mol. The van der Waals surface area contributed by atoms with E-state index in [-0.39, 0.29) is 36.5 Å². The molecule has 2 aromatic carbocycles. The van der Waals surface area contributed by atoms with Crippen LogP contribution in [-0.2, 0) is 11.3 Å². The Hall–Kier alpha value is -2.29. The van der Waals surface area contributed by atoms with E-state index in [0.717, 1.165) is 37.6 Å². The predicted octanol–water partition coefficient (Wildman–Crippen LogP) is 3.73. The first-order chi connectivity index (χ1) is 14.6. The Kier molecular flexibility index (Phi) is 10.1. The lowest BCUT2D eigenvalue weighted by atomic mass is 9.99. The van der Waals surface area contributed by atoms with Gasteiger partial charge in [0.2, 0.25) is 0 Å². The van der Waals surface area contributed by atoms with E-state index in [4.69, 9.17) is 9.73 Å². The summed E-state index contributed by atoms with van der Waals surface area (Å²) < 4.78 is 5.62. The van der Waals surface area contributed by atoms with Crippen molar-refractivity contribution >= 4 is 35.8 Å². The number of hydrogen-bond donors (Lipinski definition) is 1. The SMILES string of the molecule is CCNC(=NCc1cccc(OCC(=O)N(C)C)c1)N1CCC(c2ccccc2)C1.I. The third kappa shape index (κ3) is 7.41. The second-order valence-electron chi connectivity index (χ2n) is 7.74. The van der Waals surface area contributed by atoms with E-state index >= 15 is 0 Å². The largest absolute Gasteiger partial charge is 0.484 e. The summed E-state index contributed by atoms with van der Waals surface area (Å²) in [6.45, 7) is 5.51. The van der Waals surface area contributed by atoms with Crippen LogP contribution < -0.4 is 10.1 Å². The minimum atomic E-state index is -0.0603. The number of guanidine groups is 1. The second-order valence-corrected chi connectivity index (χ2v) is 7.74. The molecule has 1 atom stereocenters. The average molecular weight is 536 g/mol. The van der Waals surface area contributed by atoms with Gasteiger partial charge >= 0.3 is 0 Å². The number of likely N-dealkylation sites (N-methyl/N-ethyl adjacent to an activating group) is 1. The fourth-order valence-corrected chi connectivity index (χ4v) is 3.55. The van der Waals surface area contributed by atoms with Gasteiger partial charge in [-0.15, -0.1) is 24.0 Å². The third-order valence-electron chi connectivity index (χ3n) is 5.26. The Morgan fingerprint density at radius 1 is 1.19 bits per heavy atom. The summed E-state index contributed by atoms with van der Waals surface area (Å²) in [6, 6.07) is 18.5. The second kappa shape index (κ2) is 12.5. The van der Waals surface area contributed by atoms with Crippen molar-refractivity contribution < 1.29 is 9.53 Å². The van der Waals surface area contributed by atoms with Crippen LogP contribution in [0.15, 0.2) is 59.6 Å². The summed E-state index contributed by atoms with van der Waals surface area (Å²) in [5.74, 6) is 2.12. The molecule has 1 fully saturated rings. The average Bonchev–Trinajstić information content (AvgIpc) is 3.26. The summed E-state index contributed by atoms with van der Waals surface area (Å²) in [7, 11) is 3.44. The van der Waals surface area contributed by atoms with Crippen LogP contribution in [0.1, 0.15) is 30.4 Å². The lowest BCUT2D eigenvalue weighted by Crippen LogP contribution is -2.40. The molecule has 0 aliphatic carbocycles. The molecule has 1 N–H and O–H groups in total. The van der Waals surface area contributed by atoms with Crippen molar-refractivity contribution in [2.45, 2.75) is 25.8 Å². The van der Waals surface area contributed by atoms with Gasteiger partial charge in [0.1, 0.15) is 5.75 Å². The molecule has 0 bridgehead atoms. The van der Waals surface area contributed by atoms with Crippen LogP contribution in [0.4, 0.5) is 0 Å². The standard InChI is InChI=1S/C24H32N4O2.HI/c1-4-25-24(28-14-13-21(17-28)20-10-6-5-7-11-20)26-16-19-9-8-12-22(15-19)30-18-23(29)27(2)3;/h5-12,15,21H,4,13-14,16-18H2,1-3H3,(H,25,26);1H. The van der Waals surface area contributed by atoms with Crippen LogP contribution >= 0.6 is 24.0 Å². The van der Waals surface area contributed by atoms with Crippen LogP contribution in [0.25, 0.3) is 0 Å². The molecule has 0 spiro atoms. The maximum Gasteiger partial charge on any atom is 0.259 e. The molecule has 1 amide bonds. The number of rotatable bonds is 7. The Balaban J connectivity index is 0.00000341. The number of carbonyl (C=O) groups excluding carboxylic acids is 1. The molecular weight excluding hydrogens is 503 g/mol. The molecule has 6 nitrogen and oxygen atoms in total. The normalized spacial score (nSPS) is 15.9. The highest BCUT2D eigenvalue weighted by atomic mass is 127. The van der Waals surface area contributed by atoms with Crippen molar-refractivity contribution in [3.8, 4) is 5.75 Å². The Labute approximate surface area is 202 Å². The van der Waals surface area contributed by atoms with Gasteiger partial charge in [0.05, 0.1) is 6.54 Å². The highest BCUT2D eigenvalue weighted by Gasteiger charge is 2.25. The van der Waals surface area contributed by atoms with Crippen molar-refractivity contribution in [1.29, 1.82) is 0 Å². The van der Waals surface area contributed by atoms with E-state index in [1.54, 1.807) is 14.1 Å². The number of nitrogens with zero attached hydrogens (tertiary/aromatic N) is 3. The van der Waals surface area contributed by atoms with Crippen LogP contribution in [0.3, 0.4) is 0 Å². The van der Waals surface area contributed by atoms with Gasteiger partial charge in [-0.1, -0.05) is 42.5 Å². The first-order valence-corrected chi connectivity index (χ1v) is 10.6. The lowest BCUT2D eigenvalue weighted by Gasteiger charge is -2.22. The zero-order chi connectivity index (χ0) is 21.3. The van der Waals surface area contributed by atoms with Gasteiger partial charge in [0.15, 0.2) is 12.6 Å². The van der Waals surface area contributed by atoms with Gasteiger partial charge in [-0.3, -0.25) is 4.79 Å². The summed E-state index contributed by atoms with van der Waals surface area (Å²) >= 11 is 0. The van der Waals surface area contributed by atoms with E-state index < -0.39 is 0 Å². The van der Waals surface area contributed by atoms with Gasteiger partial charge in [0.25, 0.3) is 5.91 Å². The fourth-order valence-electron chi connectivity index (χ4n) is 3.55. The van der Waals surface area contributed by atoms with Crippen LogP contribution in [0, 0.1) is 0 Å².